The summed E-state index contributed by atoms with van der Waals surface area (Å²) in [5.74, 6) is -3.73. The fourth-order valence-electron chi connectivity index (χ4n) is 3.59. The Morgan fingerprint density at radius 3 is 2.24 bits per heavy atom. The van der Waals surface area contributed by atoms with Crippen molar-refractivity contribution in [2.75, 3.05) is 0 Å². The molecule has 2 N–H and O–H groups in total. The number of amides is 1. The number of carbonyl (C=O) groups is 1. The third-order valence-electron chi connectivity index (χ3n) is 5.32. The highest BCUT2D eigenvalue weighted by Gasteiger charge is 2.26. The second kappa shape index (κ2) is 9.34. The molecule has 0 aliphatic rings. The zero-order valence-electron chi connectivity index (χ0n) is 17.4. The van der Waals surface area contributed by atoms with Crippen molar-refractivity contribution in [3.63, 3.8) is 0 Å². The molecule has 0 spiro atoms. The van der Waals surface area contributed by atoms with E-state index in [4.69, 9.17) is 0 Å². The average Bonchev–Trinajstić information content (AvgIpc) is 2.79. The van der Waals surface area contributed by atoms with Crippen molar-refractivity contribution in [2.45, 2.75) is 19.0 Å². The quantitative estimate of drug-likeness (QED) is 0.423. The number of aromatic amines is 1. The first kappa shape index (κ1) is 23.0. The van der Waals surface area contributed by atoms with Gasteiger partial charge < -0.3 is 10.3 Å². The van der Waals surface area contributed by atoms with Crippen molar-refractivity contribution in [2.24, 2.45) is 0 Å². The van der Waals surface area contributed by atoms with E-state index in [0.29, 0.717) is 16.2 Å². The van der Waals surface area contributed by atoms with Gasteiger partial charge in [0.15, 0.2) is 0 Å². The number of rotatable bonds is 6. The van der Waals surface area contributed by atoms with Gasteiger partial charge in [-0.15, -0.1) is 0 Å². The minimum absolute atomic E-state index is 0.0166. The normalized spacial score (nSPS) is 12.0. The maximum absolute atomic E-state index is 14.0. The van der Waals surface area contributed by atoms with E-state index in [0.717, 1.165) is 36.4 Å². The minimum atomic E-state index is -1.43. The molecule has 1 heterocycles. The van der Waals surface area contributed by atoms with Crippen LogP contribution >= 0.6 is 0 Å². The summed E-state index contributed by atoms with van der Waals surface area (Å²) < 4.78 is 54.9. The number of benzene rings is 3. The van der Waals surface area contributed by atoms with Gasteiger partial charge in [-0.2, -0.15) is 0 Å². The number of hydrogen-bond donors (Lipinski definition) is 2. The van der Waals surface area contributed by atoms with E-state index < -0.39 is 46.5 Å². The summed E-state index contributed by atoms with van der Waals surface area (Å²) >= 11 is 0. The van der Waals surface area contributed by atoms with E-state index >= 15 is 0 Å². The first-order valence-electron chi connectivity index (χ1n) is 10.1. The number of hydrogen-bond acceptors (Lipinski definition) is 3. The van der Waals surface area contributed by atoms with Crippen molar-refractivity contribution >= 4 is 16.8 Å². The van der Waals surface area contributed by atoms with Crippen LogP contribution in [-0.2, 0) is 17.8 Å². The zero-order chi connectivity index (χ0) is 24.4. The highest BCUT2D eigenvalue weighted by atomic mass is 19.1. The largest absolute Gasteiger partial charge is 0.350 e. The number of nitrogens with zero attached hydrogens (tertiary/aromatic N) is 1. The second-order valence-corrected chi connectivity index (χ2v) is 7.60. The lowest BCUT2D eigenvalue weighted by molar-refractivity contribution is -0.124. The van der Waals surface area contributed by atoms with Gasteiger partial charge in [-0.05, 0) is 42.0 Å². The highest BCUT2D eigenvalue weighted by Crippen LogP contribution is 2.16. The van der Waals surface area contributed by atoms with Gasteiger partial charge >= 0.3 is 5.69 Å². The molecule has 0 radical (unpaired) electrons. The van der Waals surface area contributed by atoms with Crippen molar-refractivity contribution in [3.8, 4) is 0 Å². The van der Waals surface area contributed by atoms with Crippen LogP contribution in [0.15, 0.2) is 70.3 Å². The topological polar surface area (TPSA) is 84.0 Å². The number of nitrogens with one attached hydrogen (secondary N) is 2. The molecule has 4 aromatic rings. The van der Waals surface area contributed by atoms with Crippen molar-refractivity contribution in [1.82, 2.24) is 14.9 Å². The van der Waals surface area contributed by atoms with E-state index in [1.807, 2.05) is 0 Å². The first-order chi connectivity index (χ1) is 16.2. The van der Waals surface area contributed by atoms with Crippen molar-refractivity contribution in [3.05, 3.63) is 116 Å². The SMILES string of the molecule is O=C(NCc1ccc(F)cc1F)C(Cc1ccc(F)cc1)n1c(=O)[nH]c2ccc(F)cc2c1=O. The number of aromatic nitrogens is 2. The molecule has 6 nitrogen and oxygen atoms in total. The van der Waals surface area contributed by atoms with Crippen LogP contribution in [0.2, 0.25) is 0 Å². The van der Waals surface area contributed by atoms with Gasteiger partial charge in [0, 0.05) is 24.6 Å². The predicted molar refractivity (Wildman–Crippen MR) is 116 cm³/mol. The Kier molecular flexibility index (Phi) is 6.31. The molecular formula is C24H17F4N3O3. The molecular weight excluding hydrogens is 454 g/mol. The molecule has 0 fully saturated rings. The van der Waals surface area contributed by atoms with Gasteiger partial charge in [0.1, 0.15) is 29.3 Å². The minimum Gasteiger partial charge on any atom is -0.350 e. The maximum Gasteiger partial charge on any atom is 0.329 e. The van der Waals surface area contributed by atoms with Crippen LogP contribution < -0.4 is 16.6 Å². The first-order valence-corrected chi connectivity index (χ1v) is 10.1. The summed E-state index contributed by atoms with van der Waals surface area (Å²) in [4.78, 5) is 41.4. The summed E-state index contributed by atoms with van der Waals surface area (Å²) in [6, 6.07) is 9.71. The van der Waals surface area contributed by atoms with Gasteiger partial charge in [-0.25, -0.2) is 26.9 Å². The molecule has 0 saturated carbocycles. The molecule has 0 aliphatic carbocycles. The monoisotopic (exact) mass is 471 g/mol. The van der Waals surface area contributed by atoms with Crippen LogP contribution in [0, 0.1) is 23.3 Å². The fraction of sp³-hybridized carbons (Fsp3) is 0.125. The van der Waals surface area contributed by atoms with Crippen LogP contribution in [0.25, 0.3) is 10.9 Å². The molecule has 34 heavy (non-hydrogen) atoms. The molecule has 0 bridgehead atoms. The van der Waals surface area contributed by atoms with E-state index in [-0.39, 0.29) is 29.4 Å². The Balaban J connectivity index is 1.75. The molecule has 1 amide bonds. The van der Waals surface area contributed by atoms with Crippen molar-refractivity contribution < 1.29 is 22.4 Å². The van der Waals surface area contributed by atoms with Crippen LogP contribution in [0.1, 0.15) is 17.2 Å². The van der Waals surface area contributed by atoms with E-state index in [1.54, 1.807) is 0 Å². The lowest BCUT2D eigenvalue weighted by Crippen LogP contribution is -2.45. The van der Waals surface area contributed by atoms with Gasteiger partial charge in [-0.3, -0.25) is 9.59 Å². The molecule has 4 rings (SSSR count). The Labute approximate surface area is 189 Å². The third-order valence-corrected chi connectivity index (χ3v) is 5.32. The van der Waals surface area contributed by atoms with E-state index in [2.05, 4.69) is 10.3 Å². The molecule has 1 aromatic heterocycles. The Morgan fingerprint density at radius 2 is 1.53 bits per heavy atom. The summed E-state index contributed by atoms with van der Waals surface area (Å²) in [5.41, 5.74) is -1.33. The van der Waals surface area contributed by atoms with Gasteiger partial charge in [-0.1, -0.05) is 18.2 Å². The van der Waals surface area contributed by atoms with E-state index in [1.165, 1.54) is 18.2 Å². The van der Waals surface area contributed by atoms with Gasteiger partial charge in [0.25, 0.3) is 5.56 Å². The molecule has 0 saturated heterocycles. The fourth-order valence-corrected chi connectivity index (χ4v) is 3.59. The Hall–Kier alpha value is -4.21. The molecule has 1 atom stereocenters. The van der Waals surface area contributed by atoms with Gasteiger partial charge in [0.05, 0.1) is 10.9 Å². The van der Waals surface area contributed by atoms with Gasteiger partial charge in [0.2, 0.25) is 5.91 Å². The smallest absolute Gasteiger partial charge is 0.329 e. The van der Waals surface area contributed by atoms with Crippen LogP contribution in [0.4, 0.5) is 17.6 Å². The maximum atomic E-state index is 14.0. The summed E-state index contributed by atoms with van der Waals surface area (Å²) in [6.07, 6.45) is -0.193. The van der Waals surface area contributed by atoms with E-state index in [9.17, 15) is 31.9 Å². The lowest BCUT2D eigenvalue weighted by atomic mass is 10.0. The number of H-pyrrole nitrogens is 1. The number of fused-ring (bicyclic) bond motifs is 1. The standard InChI is InChI=1S/C24H17F4N3O3/c25-15-4-1-13(2-5-15)9-21(22(32)29-12-14-3-6-17(27)11-19(14)28)31-23(33)18-10-16(26)7-8-20(18)30-24(31)34/h1-8,10-11,21H,9,12H2,(H,29,32)(H,30,34). The van der Waals surface area contributed by atoms with Crippen LogP contribution in [0.3, 0.4) is 0 Å². The number of halogens is 4. The predicted octanol–water partition coefficient (Wildman–Crippen LogP) is 3.35. The lowest BCUT2D eigenvalue weighted by Gasteiger charge is -2.19. The summed E-state index contributed by atoms with van der Waals surface area (Å²) in [6.45, 7) is -0.347. The average molecular weight is 471 g/mol. The molecule has 10 heteroatoms. The highest BCUT2D eigenvalue weighted by molar-refractivity contribution is 5.82. The Morgan fingerprint density at radius 1 is 0.882 bits per heavy atom. The second-order valence-electron chi connectivity index (χ2n) is 7.60. The third kappa shape index (κ3) is 4.75. The number of carbonyl (C=O) groups excluding carboxylic acids is 1. The summed E-state index contributed by atoms with van der Waals surface area (Å²) in [7, 11) is 0. The Bertz CT molecular complexity index is 1500. The molecule has 174 valence electrons. The summed E-state index contributed by atoms with van der Waals surface area (Å²) in [5, 5.41) is 2.29. The zero-order valence-corrected chi connectivity index (χ0v) is 17.4. The molecule has 1 unspecified atom stereocenters. The molecule has 0 aliphatic heterocycles. The van der Waals surface area contributed by atoms with Crippen LogP contribution in [-0.4, -0.2) is 15.5 Å². The van der Waals surface area contributed by atoms with Crippen molar-refractivity contribution in [1.29, 1.82) is 0 Å². The van der Waals surface area contributed by atoms with Crippen LogP contribution in [0.5, 0.6) is 0 Å². The molecule has 3 aromatic carbocycles.